The van der Waals surface area contributed by atoms with Gasteiger partial charge in [-0.3, -0.25) is 61.9 Å². The molecule has 514 valence electrons. The summed E-state index contributed by atoms with van der Waals surface area (Å²) >= 11 is 5.55. The zero-order valence-corrected chi connectivity index (χ0v) is 54.5. The topological polar surface area (TPSA) is 394 Å². The monoisotopic (exact) mass is 1370 g/mol. The fourth-order valence-electron chi connectivity index (χ4n) is 9.82. The number of hydrogen-bond donors (Lipinski definition) is 7. The molecule has 6 unspecified atom stereocenters. The SMILES string of the molecule is CO[C@H]1C(C)[C@@H](CO)O[C@H]1n1ccc(=O)[nH]c1=O.[2H]C[C@H]1O[C@@H](n2ccc(=O)[nH]c2=O)[C@@H](F)C1OP(=S)(OCC[N+]#[C-])OC[C@H]1O[C@@H](n2ccc(=O)[nH]c2=O)[C@@H](OC)C1C.[2H]C[C@H]1O[C@@H](n2ccc(=O)[nH]c2=O)[C@@H](F)C1OP(OCC[N+]#[C-])N(C(C)C)C(C)C.[3H]OC.[3H]OC. The first kappa shape index (κ1) is 71.9. The fourth-order valence-corrected chi connectivity index (χ4v) is 13.7. The van der Waals surface area contributed by atoms with Gasteiger partial charge in [-0.25, -0.2) is 45.8 Å². The first-order chi connectivity index (χ1) is 45.6. The molecule has 4 saturated heterocycles. The summed E-state index contributed by atoms with van der Waals surface area (Å²) in [4.78, 5) is 109. The third kappa shape index (κ3) is 20.0. The van der Waals surface area contributed by atoms with E-state index >= 15 is 8.78 Å². The van der Waals surface area contributed by atoms with E-state index < -0.39 is 147 Å². The Morgan fingerprint density at radius 3 is 1.42 bits per heavy atom. The molecule has 0 amide bonds. The van der Waals surface area contributed by atoms with Crippen LogP contribution in [0, 0.1) is 25.0 Å². The van der Waals surface area contributed by atoms with Gasteiger partial charge >= 0.3 is 29.5 Å². The minimum atomic E-state index is -3.83. The highest BCUT2D eigenvalue weighted by Gasteiger charge is 2.51. The number of nitrogens with one attached hydrogen (secondary N) is 4. The van der Waals surface area contributed by atoms with Gasteiger partial charge in [0, 0.05) is 104 Å². The van der Waals surface area contributed by atoms with Gasteiger partial charge in [0.2, 0.25) is 16.0 Å². The van der Waals surface area contributed by atoms with Crippen molar-refractivity contribution in [2.75, 3.05) is 68.0 Å². The van der Waals surface area contributed by atoms with Gasteiger partial charge in [0.05, 0.1) is 37.6 Å². The lowest BCUT2D eigenvalue weighted by atomic mass is 10.0. The molecule has 4 fully saturated rings. The van der Waals surface area contributed by atoms with E-state index in [0.717, 1.165) is 33.7 Å². The fraction of sp³-hybridized carbons (Fsp3) is 0.667. The van der Waals surface area contributed by atoms with Crippen molar-refractivity contribution in [3.05, 3.63) is 155 Å². The van der Waals surface area contributed by atoms with Crippen molar-refractivity contribution in [2.45, 2.75) is 154 Å². The van der Waals surface area contributed by atoms with E-state index in [1.807, 2.05) is 44.3 Å². The summed E-state index contributed by atoms with van der Waals surface area (Å²) in [5, 5.41) is 16.2. The smallest absolute Gasteiger partial charge is 0.330 e. The third-order valence-electron chi connectivity index (χ3n) is 14.1. The average Bonchev–Trinajstić information content (AvgIpc) is 1.66. The Morgan fingerprint density at radius 1 is 0.663 bits per heavy atom. The maximum Gasteiger partial charge on any atom is 0.330 e. The second kappa shape index (κ2) is 37.2. The Balaban J connectivity index is 0.000000315. The highest BCUT2D eigenvalue weighted by Crippen LogP contribution is 2.55. The second-order valence-corrected chi connectivity index (χ2v) is 25.0. The number of aliphatic hydroxyl groups is 3. The van der Waals surface area contributed by atoms with E-state index in [9.17, 15) is 43.5 Å². The molecule has 0 saturated carbocycles. The molecule has 4 aromatic heterocycles. The van der Waals surface area contributed by atoms with Gasteiger partial charge in [-0.1, -0.05) is 13.8 Å². The molecule has 0 radical (unpaired) electrons. The van der Waals surface area contributed by atoms with E-state index in [1.54, 1.807) is 6.92 Å². The molecular formula is C54H81F2N11O22P2S. The molecule has 8 rings (SSSR count). The molecule has 0 aromatic carbocycles. The molecule has 38 heteroatoms. The number of methoxy groups -OCH3 is 2. The van der Waals surface area contributed by atoms with E-state index in [4.69, 9.17) is 81.6 Å². The maximum absolute atomic E-state index is 15.7. The Hall–Kier alpha value is -5.96. The normalized spacial score (nSPS) is 28.8. The van der Waals surface area contributed by atoms with E-state index in [0.29, 0.717) is 0 Å². The summed E-state index contributed by atoms with van der Waals surface area (Å²) in [5.74, 6) is -0.421. The summed E-state index contributed by atoms with van der Waals surface area (Å²) in [6, 6.07) is 4.58. The summed E-state index contributed by atoms with van der Waals surface area (Å²) in [6.07, 6.45) is -10.2. The second-order valence-electron chi connectivity index (χ2n) is 20.6. The number of aliphatic hydroxyl groups excluding tert-OH is 3. The number of hydrogen-bond acceptors (Lipinski definition) is 24. The number of alkyl halides is 2. The highest BCUT2D eigenvalue weighted by atomic mass is 32.5. The van der Waals surface area contributed by atoms with Crippen LogP contribution in [0.3, 0.4) is 0 Å². The average molecular weight is 1370 g/mol. The largest absolute Gasteiger partial charge is 0.400 e. The molecule has 7 N–H and O–H groups in total. The van der Waals surface area contributed by atoms with Gasteiger partial charge in [-0.05, 0) is 53.3 Å². The summed E-state index contributed by atoms with van der Waals surface area (Å²) in [7, 11) is 3.80. The van der Waals surface area contributed by atoms with Crippen LogP contribution in [0.25, 0.3) is 9.69 Å². The van der Waals surface area contributed by atoms with E-state index in [-0.39, 0.29) is 76.4 Å². The first-order valence-corrected chi connectivity index (χ1v) is 31.8. The molecular weight excluding hydrogens is 1290 g/mol. The van der Waals surface area contributed by atoms with Gasteiger partial charge in [0.1, 0.15) is 37.6 Å². The van der Waals surface area contributed by atoms with Crippen LogP contribution < -0.4 is 45.0 Å². The Labute approximate surface area is 537 Å². The Kier molecular flexibility index (Phi) is 29.1. The van der Waals surface area contributed by atoms with Crippen molar-refractivity contribution in [1.29, 1.82) is 2.86 Å². The number of aromatic nitrogens is 8. The van der Waals surface area contributed by atoms with Crippen molar-refractivity contribution >= 4 is 27.1 Å². The molecule has 4 aliphatic rings. The molecule has 18 atom stereocenters. The van der Waals surface area contributed by atoms with Crippen LogP contribution in [-0.2, 0) is 62.8 Å². The highest BCUT2D eigenvalue weighted by molar-refractivity contribution is 8.07. The van der Waals surface area contributed by atoms with Gasteiger partial charge < -0.3 is 71.5 Å². The lowest BCUT2D eigenvalue weighted by Crippen LogP contribution is -2.38. The van der Waals surface area contributed by atoms with Crippen molar-refractivity contribution in [3.63, 3.8) is 0 Å². The predicted octanol–water partition coefficient (Wildman–Crippen LogP) is 1.21. The van der Waals surface area contributed by atoms with Crippen LogP contribution in [-0.4, -0.2) is 202 Å². The number of H-pyrrole nitrogens is 4. The number of halogens is 2. The number of aromatic amines is 4. The Bertz CT molecular complexity index is 3680. The molecule has 8 heterocycles. The molecule has 92 heavy (non-hydrogen) atoms. The minimum absolute atomic E-state index is 0.0245. The van der Waals surface area contributed by atoms with Gasteiger partial charge in [-0.15, -0.1) is 0 Å². The quantitative estimate of drug-likeness (QED) is 0.0312. The molecule has 4 aromatic rings. The van der Waals surface area contributed by atoms with Crippen molar-refractivity contribution < 1.29 is 77.9 Å². The van der Waals surface area contributed by atoms with Gasteiger partial charge in [0.15, 0.2) is 37.3 Å². The zero-order valence-electron chi connectivity index (χ0n) is 55.9. The molecule has 33 nitrogen and oxygen atoms in total. The molecule has 0 aliphatic carbocycles. The minimum Gasteiger partial charge on any atom is -0.400 e. The Morgan fingerprint density at radius 2 is 1.04 bits per heavy atom. The summed E-state index contributed by atoms with van der Waals surface area (Å²) < 4.78 is 127. The molecule has 0 spiro atoms. The summed E-state index contributed by atoms with van der Waals surface area (Å²) in [6.45, 7) is 20.5. The van der Waals surface area contributed by atoms with Crippen LogP contribution in [0.1, 0.15) is 83.0 Å². The number of ether oxygens (including phenoxy) is 6. The lowest BCUT2D eigenvalue weighted by Gasteiger charge is -2.37. The van der Waals surface area contributed by atoms with Crippen molar-refractivity contribution in [1.82, 2.24) is 42.9 Å². The van der Waals surface area contributed by atoms with Crippen LogP contribution in [0.5, 0.6) is 0 Å². The third-order valence-corrected chi connectivity index (χ3v) is 18.6. The van der Waals surface area contributed by atoms with Crippen LogP contribution >= 0.6 is 15.2 Å². The van der Waals surface area contributed by atoms with Crippen LogP contribution in [0.2, 0.25) is 0 Å². The van der Waals surface area contributed by atoms with Crippen molar-refractivity contribution in [3.8, 4) is 0 Å². The lowest BCUT2D eigenvalue weighted by molar-refractivity contribution is -0.0629. The van der Waals surface area contributed by atoms with E-state index in [1.165, 1.54) is 62.1 Å². The van der Waals surface area contributed by atoms with Crippen LogP contribution in [0.15, 0.2) is 87.4 Å². The van der Waals surface area contributed by atoms with Gasteiger partial charge in [0.25, 0.3) is 30.8 Å². The predicted molar refractivity (Wildman–Crippen MR) is 329 cm³/mol. The van der Waals surface area contributed by atoms with Crippen molar-refractivity contribution in [2.24, 2.45) is 11.8 Å². The van der Waals surface area contributed by atoms with E-state index in [2.05, 4.69) is 34.9 Å². The number of rotatable bonds is 23. The summed E-state index contributed by atoms with van der Waals surface area (Å²) in [5.41, 5.74) is -5.30. The van der Waals surface area contributed by atoms with Gasteiger partial charge in [-0.2, -0.15) is 0 Å². The molecule has 4 aliphatic heterocycles. The standard InChI is InChI=1S/C23H29FN5O10PS.C18H28FN4O5P.C11H16N2O5.2CH4O/c1-12-14(38-21(18(12)34-4)29-9-6-16(31)27-23(29)33)11-36-40(41,35-10-7-25-3)39-19-13(2)37-20(17(19)24)28-8-5-15(30)26-22(28)32;1-11(2)23(12(3)4)29(26-10-8-20-6)28-16-13(5)27-17(15(16)19)22-9-7-14(24)21-18(22)25;1-6-7(5-14)18-10(9(6)17-2)13-4-3-8(15)12-11(13)16;2*1-2/h5-6,8-9,12-14,17-21H,7,10-11H2,1-2,4H3,(H,26,30,32)(H,27,31,33);7,9,11-13,15-17H,8,10H2,1-5H3,(H,21,24,25);3-4,6-7,9-10,14H,5H2,1-2H3,(H,12,15,16);2*2H,1H3/t12?,13-,14-,17+,18+,19?,20-,21-,40?;13-,15+,16?,17-,29?;6?,7-,9+,10-;;/m111../s1/i2D;5D;;2*2T. The zero-order chi connectivity index (χ0) is 71.7. The molecule has 0 bridgehead atoms. The van der Waals surface area contributed by atoms with Crippen LogP contribution in [0.4, 0.5) is 8.78 Å². The maximum atomic E-state index is 15.7. The number of nitrogens with zero attached hydrogens (tertiary/aromatic N) is 7. The first-order valence-electron chi connectivity index (χ1n) is 30.4.